The molecular weight excluding hydrogens is 710 g/mol. The number of carboxylic acids is 1. The Morgan fingerprint density at radius 1 is 0.565 bits per heavy atom. The fraction of sp³-hybridized carbons (Fsp3) is 0.0556. The van der Waals surface area contributed by atoms with E-state index in [1.807, 2.05) is 79.1 Å². The SMILES string of the molecule is NC(=O)c1cccc(Cc2ncc(-c3ccc(Br)cc3)cn2)c1.O=C(O)c1cccc(Cc2ncc(-c3ccc(Br)cc3)cn2)c1. The summed E-state index contributed by atoms with van der Waals surface area (Å²) in [6.07, 6.45) is 8.25. The van der Waals surface area contributed by atoms with Gasteiger partial charge in [0.2, 0.25) is 5.91 Å². The third kappa shape index (κ3) is 8.99. The highest BCUT2D eigenvalue weighted by atomic mass is 79.9. The predicted octanol–water partition coefficient (Wildman–Crippen LogP) is 7.79. The van der Waals surface area contributed by atoms with Gasteiger partial charge in [0, 0.05) is 63.3 Å². The Morgan fingerprint density at radius 3 is 1.35 bits per heavy atom. The summed E-state index contributed by atoms with van der Waals surface area (Å²) in [6.45, 7) is 0. The number of amides is 1. The van der Waals surface area contributed by atoms with Crippen molar-refractivity contribution >= 4 is 43.7 Å². The topological polar surface area (TPSA) is 132 Å². The molecular formula is C36H27Br2N5O3. The van der Waals surface area contributed by atoms with E-state index < -0.39 is 11.9 Å². The van der Waals surface area contributed by atoms with Gasteiger partial charge < -0.3 is 10.8 Å². The maximum Gasteiger partial charge on any atom is 0.335 e. The maximum absolute atomic E-state index is 11.2. The number of aromatic nitrogens is 4. The largest absolute Gasteiger partial charge is 0.478 e. The Balaban J connectivity index is 0.000000181. The number of halogens is 2. The minimum Gasteiger partial charge on any atom is -0.478 e. The first-order valence-electron chi connectivity index (χ1n) is 14.1. The Hall–Kier alpha value is -5.06. The minimum atomic E-state index is -0.932. The van der Waals surface area contributed by atoms with Crippen molar-refractivity contribution in [2.75, 3.05) is 0 Å². The number of nitrogens with two attached hydrogens (primary N) is 1. The summed E-state index contributed by atoms with van der Waals surface area (Å²) in [4.78, 5) is 39.8. The van der Waals surface area contributed by atoms with Crippen LogP contribution in [0.1, 0.15) is 43.5 Å². The molecule has 0 aliphatic heterocycles. The van der Waals surface area contributed by atoms with Crippen molar-refractivity contribution in [2.45, 2.75) is 12.8 Å². The van der Waals surface area contributed by atoms with E-state index in [0.29, 0.717) is 30.1 Å². The second-order valence-electron chi connectivity index (χ2n) is 10.2. The molecule has 0 aliphatic rings. The monoisotopic (exact) mass is 735 g/mol. The molecule has 6 rings (SSSR count). The van der Waals surface area contributed by atoms with Gasteiger partial charge >= 0.3 is 5.97 Å². The van der Waals surface area contributed by atoms with Crippen LogP contribution >= 0.6 is 31.9 Å². The average Bonchev–Trinajstić information content (AvgIpc) is 3.07. The predicted molar refractivity (Wildman–Crippen MR) is 184 cm³/mol. The third-order valence-electron chi connectivity index (χ3n) is 6.88. The Bertz CT molecular complexity index is 1800. The molecule has 8 nitrogen and oxygen atoms in total. The van der Waals surface area contributed by atoms with Gasteiger partial charge in [-0.2, -0.15) is 0 Å². The number of carboxylic acid groups (broad SMARTS) is 1. The maximum atomic E-state index is 11.2. The number of hydrogen-bond donors (Lipinski definition) is 2. The Kier molecular flexibility index (Phi) is 10.7. The fourth-order valence-corrected chi connectivity index (χ4v) is 5.02. The number of hydrogen-bond acceptors (Lipinski definition) is 6. The van der Waals surface area contributed by atoms with Crippen LogP contribution < -0.4 is 5.73 Å². The lowest BCUT2D eigenvalue weighted by Gasteiger charge is -2.05. The normalized spacial score (nSPS) is 10.5. The van der Waals surface area contributed by atoms with Crippen LogP contribution in [0.2, 0.25) is 0 Å². The molecule has 0 radical (unpaired) electrons. The van der Waals surface area contributed by atoms with Crippen molar-refractivity contribution in [3.63, 3.8) is 0 Å². The summed E-state index contributed by atoms with van der Waals surface area (Å²) < 4.78 is 2.06. The fourth-order valence-electron chi connectivity index (χ4n) is 4.49. The van der Waals surface area contributed by atoms with Crippen molar-refractivity contribution < 1.29 is 14.7 Å². The van der Waals surface area contributed by atoms with Crippen LogP contribution in [0.25, 0.3) is 22.3 Å². The number of primary amides is 1. The van der Waals surface area contributed by atoms with Crippen LogP contribution in [0.3, 0.4) is 0 Å². The molecule has 228 valence electrons. The zero-order chi connectivity index (χ0) is 32.5. The zero-order valence-electron chi connectivity index (χ0n) is 24.3. The number of carbonyl (C=O) groups is 2. The molecule has 0 unspecified atom stereocenters. The standard InChI is InChI=1S/C18H14BrN3O.C18H13BrN2O2/c19-16-6-4-13(5-7-16)15-10-21-17(22-11-15)9-12-2-1-3-14(8-12)18(20)23;19-16-6-4-13(5-7-16)15-10-20-17(21-11-15)9-12-2-1-3-14(8-12)18(22)23/h1-8,10-11H,9H2,(H2,20,23);1-8,10-11H,9H2,(H,22,23). The summed E-state index contributed by atoms with van der Waals surface area (Å²) in [5, 5.41) is 9.02. The van der Waals surface area contributed by atoms with Gasteiger partial charge in [0.05, 0.1) is 5.56 Å². The first-order chi connectivity index (χ1) is 22.2. The van der Waals surface area contributed by atoms with E-state index in [2.05, 4.69) is 51.8 Å². The van der Waals surface area contributed by atoms with E-state index in [4.69, 9.17) is 10.8 Å². The van der Waals surface area contributed by atoms with E-state index in [1.54, 1.807) is 42.7 Å². The molecule has 0 spiro atoms. The number of nitrogens with zero attached hydrogens (tertiary/aromatic N) is 4. The molecule has 3 N–H and O–H groups in total. The highest BCUT2D eigenvalue weighted by molar-refractivity contribution is 9.10. The molecule has 10 heteroatoms. The highest BCUT2D eigenvalue weighted by Gasteiger charge is 2.07. The lowest BCUT2D eigenvalue weighted by atomic mass is 10.1. The minimum absolute atomic E-state index is 0.272. The number of rotatable bonds is 8. The lowest BCUT2D eigenvalue weighted by Crippen LogP contribution is -2.11. The van der Waals surface area contributed by atoms with E-state index in [1.165, 1.54) is 0 Å². The molecule has 46 heavy (non-hydrogen) atoms. The molecule has 0 atom stereocenters. The van der Waals surface area contributed by atoms with Gasteiger partial charge in [0.25, 0.3) is 0 Å². The van der Waals surface area contributed by atoms with Gasteiger partial charge in [-0.15, -0.1) is 0 Å². The molecule has 0 fully saturated rings. The van der Waals surface area contributed by atoms with Gasteiger partial charge in [-0.1, -0.05) is 80.4 Å². The molecule has 0 aliphatic carbocycles. The quantitative estimate of drug-likeness (QED) is 0.163. The van der Waals surface area contributed by atoms with Gasteiger partial charge in [-0.25, -0.2) is 24.7 Å². The van der Waals surface area contributed by atoms with Crippen LogP contribution in [-0.2, 0) is 12.8 Å². The van der Waals surface area contributed by atoms with Crippen molar-refractivity contribution in [3.05, 3.63) is 165 Å². The number of benzene rings is 4. The smallest absolute Gasteiger partial charge is 0.335 e. The summed E-state index contributed by atoms with van der Waals surface area (Å²) in [7, 11) is 0. The molecule has 1 amide bonds. The molecule has 0 saturated carbocycles. The van der Waals surface area contributed by atoms with Gasteiger partial charge in [0.1, 0.15) is 11.6 Å². The molecule has 2 aromatic heterocycles. The van der Waals surface area contributed by atoms with Crippen molar-refractivity contribution in [2.24, 2.45) is 5.73 Å². The molecule has 0 saturated heterocycles. The second kappa shape index (κ2) is 15.3. The zero-order valence-corrected chi connectivity index (χ0v) is 27.5. The van der Waals surface area contributed by atoms with Gasteiger partial charge in [0.15, 0.2) is 0 Å². The van der Waals surface area contributed by atoms with E-state index >= 15 is 0 Å². The van der Waals surface area contributed by atoms with Crippen LogP contribution in [0.4, 0.5) is 0 Å². The lowest BCUT2D eigenvalue weighted by molar-refractivity contribution is 0.0696. The molecule has 6 aromatic rings. The summed E-state index contributed by atoms with van der Waals surface area (Å²) in [5.41, 5.74) is 11.9. The van der Waals surface area contributed by atoms with Gasteiger partial charge in [-0.3, -0.25) is 4.79 Å². The van der Waals surface area contributed by atoms with Crippen LogP contribution in [0, 0.1) is 0 Å². The Morgan fingerprint density at radius 2 is 0.957 bits per heavy atom. The third-order valence-corrected chi connectivity index (χ3v) is 7.93. The summed E-state index contributed by atoms with van der Waals surface area (Å²) in [6, 6.07) is 30.0. The molecule has 2 heterocycles. The van der Waals surface area contributed by atoms with E-state index in [9.17, 15) is 9.59 Å². The first-order valence-corrected chi connectivity index (χ1v) is 15.7. The van der Waals surface area contributed by atoms with Gasteiger partial charge in [-0.05, 0) is 70.8 Å². The molecule has 4 aromatic carbocycles. The highest BCUT2D eigenvalue weighted by Crippen LogP contribution is 2.22. The first kappa shape index (κ1) is 32.3. The van der Waals surface area contributed by atoms with E-state index in [-0.39, 0.29) is 5.56 Å². The molecule has 0 bridgehead atoms. The average molecular weight is 737 g/mol. The number of aromatic carboxylic acids is 1. The number of carbonyl (C=O) groups excluding carboxylic acids is 1. The summed E-state index contributed by atoms with van der Waals surface area (Å²) in [5.74, 6) is -0.00223. The Labute approximate surface area is 282 Å². The second-order valence-corrected chi connectivity index (χ2v) is 12.0. The van der Waals surface area contributed by atoms with Crippen LogP contribution in [-0.4, -0.2) is 36.9 Å². The van der Waals surface area contributed by atoms with Crippen molar-refractivity contribution in [1.82, 2.24) is 19.9 Å². The van der Waals surface area contributed by atoms with Crippen LogP contribution in [0.5, 0.6) is 0 Å². The van der Waals surface area contributed by atoms with E-state index in [0.717, 1.165) is 42.3 Å². The van der Waals surface area contributed by atoms with Crippen molar-refractivity contribution in [1.29, 1.82) is 0 Å². The van der Waals surface area contributed by atoms with Crippen LogP contribution in [0.15, 0.2) is 131 Å². The summed E-state index contributed by atoms with van der Waals surface area (Å²) >= 11 is 6.83. The van der Waals surface area contributed by atoms with Crippen molar-refractivity contribution in [3.8, 4) is 22.3 Å².